The van der Waals surface area contributed by atoms with Gasteiger partial charge in [0.2, 0.25) is 0 Å². The summed E-state index contributed by atoms with van der Waals surface area (Å²) in [5.74, 6) is -1.12. The lowest BCUT2D eigenvalue weighted by molar-refractivity contribution is 0.0693. The minimum atomic E-state index is -1.27. The van der Waals surface area contributed by atoms with Gasteiger partial charge >= 0.3 is 11.9 Å². The van der Waals surface area contributed by atoms with Crippen molar-refractivity contribution in [1.29, 1.82) is 0 Å². The van der Waals surface area contributed by atoms with Crippen molar-refractivity contribution in [2.45, 2.75) is 6.92 Å². The van der Waals surface area contributed by atoms with Gasteiger partial charge in [0.1, 0.15) is 17.1 Å². The summed E-state index contributed by atoms with van der Waals surface area (Å²) in [5.41, 5.74) is -0.174. The summed E-state index contributed by atoms with van der Waals surface area (Å²) in [6.07, 6.45) is 0. The molecular formula is C21H16O6. The summed E-state index contributed by atoms with van der Waals surface area (Å²) in [6.45, 7) is 1.44. The summed E-state index contributed by atoms with van der Waals surface area (Å²) in [6, 6.07) is 18.6. The average Bonchev–Trinajstić information content (AvgIpc) is 2.63. The van der Waals surface area contributed by atoms with Crippen molar-refractivity contribution in [1.82, 2.24) is 0 Å². The van der Waals surface area contributed by atoms with E-state index in [4.69, 9.17) is 9.47 Å². The van der Waals surface area contributed by atoms with Gasteiger partial charge in [-0.05, 0) is 48.9 Å². The molecule has 0 aromatic heterocycles. The Balaban J connectivity index is 2.00. The highest BCUT2D eigenvalue weighted by atomic mass is 16.5. The van der Waals surface area contributed by atoms with E-state index < -0.39 is 11.9 Å². The molecule has 0 bridgehead atoms. The molecule has 3 aromatic rings. The number of carbonyl (C=O) groups is 2. The third-order valence-electron chi connectivity index (χ3n) is 3.91. The van der Waals surface area contributed by atoms with Gasteiger partial charge < -0.3 is 19.7 Å². The van der Waals surface area contributed by atoms with Crippen LogP contribution in [0.4, 0.5) is 0 Å². The topological polar surface area (TPSA) is 93.1 Å². The van der Waals surface area contributed by atoms with Gasteiger partial charge in [-0.2, -0.15) is 0 Å². The molecule has 2 N–H and O–H groups in total. The van der Waals surface area contributed by atoms with Crippen LogP contribution in [0.1, 0.15) is 26.3 Å². The predicted octanol–water partition coefficient (Wildman–Crippen LogP) is 4.98. The first kappa shape index (κ1) is 18.0. The van der Waals surface area contributed by atoms with E-state index >= 15 is 0 Å². The number of rotatable bonds is 6. The Morgan fingerprint density at radius 3 is 1.89 bits per heavy atom. The summed E-state index contributed by atoms with van der Waals surface area (Å²) >= 11 is 0. The minimum Gasteiger partial charge on any atom is -0.478 e. The molecule has 0 saturated carbocycles. The molecule has 0 radical (unpaired) electrons. The van der Waals surface area contributed by atoms with Crippen molar-refractivity contribution < 1.29 is 29.3 Å². The molecular weight excluding hydrogens is 348 g/mol. The predicted molar refractivity (Wildman–Crippen MR) is 98.1 cm³/mol. The molecule has 0 aliphatic heterocycles. The maximum Gasteiger partial charge on any atom is 0.339 e. The van der Waals surface area contributed by atoms with E-state index in [-0.39, 0.29) is 22.4 Å². The number of benzene rings is 3. The molecule has 0 amide bonds. The highest BCUT2D eigenvalue weighted by Gasteiger charge is 2.21. The number of hydrogen-bond acceptors (Lipinski definition) is 4. The zero-order chi connectivity index (χ0) is 19.4. The van der Waals surface area contributed by atoms with Crippen molar-refractivity contribution in [2.75, 3.05) is 0 Å². The molecule has 0 fully saturated rings. The molecule has 6 nitrogen and oxygen atoms in total. The van der Waals surface area contributed by atoms with Gasteiger partial charge in [0.15, 0.2) is 11.5 Å². The van der Waals surface area contributed by atoms with E-state index in [2.05, 4.69) is 0 Å². The van der Waals surface area contributed by atoms with Crippen LogP contribution in [0, 0.1) is 6.92 Å². The molecule has 6 heteroatoms. The fraction of sp³-hybridized carbons (Fsp3) is 0.0476. The summed E-state index contributed by atoms with van der Waals surface area (Å²) in [7, 11) is 0. The molecule has 0 spiro atoms. The molecule has 0 aliphatic carbocycles. The van der Waals surface area contributed by atoms with E-state index in [0.717, 1.165) is 0 Å². The second kappa shape index (κ2) is 7.61. The Morgan fingerprint density at radius 1 is 0.704 bits per heavy atom. The van der Waals surface area contributed by atoms with Crippen LogP contribution < -0.4 is 9.47 Å². The van der Waals surface area contributed by atoms with Crippen molar-refractivity contribution in [2.24, 2.45) is 0 Å². The first-order valence-electron chi connectivity index (χ1n) is 8.07. The van der Waals surface area contributed by atoms with Crippen LogP contribution >= 0.6 is 0 Å². The van der Waals surface area contributed by atoms with Crippen molar-refractivity contribution in [3.63, 3.8) is 0 Å². The van der Waals surface area contributed by atoms with Crippen LogP contribution in [-0.4, -0.2) is 22.2 Å². The SMILES string of the molecule is Cc1c(C(=O)O)ccc(Oc2ccccc2Oc2ccccc2)c1C(=O)O. The zero-order valence-corrected chi connectivity index (χ0v) is 14.4. The molecule has 3 aromatic carbocycles. The maximum absolute atomic E-state index is 11.7. The molecule has 0 unspecified atom stereocenters. The average molecular weight is 364 g/mol. The fourth-order valence-electron chi connectivity index (χ4n) is 2.62. The van der Waals surface area contributed by atoms with Crippen LogP contribution in [0.5, 0.6) is 23.0 Å². The Morgan fingerprint density at radius 2 is 1.30 bits per heavy atom. The summed E-state index contributed by atoms with van der Waals surface area (Å²) in [4.78, 5) is 22.9. The fourth-order valence-corrected chi connectivity index (χ4v) is 2.62. The minimum absolute atomic E-state index is 0.0362. The number of carboxylic acid groups (broad SMARTS) is 2. The van der Waals surface area contributed by atoms with E-state index in [1.54, 1.807) is 36.4 Å². The number of hydrogen-bond donors (Lipinski definition) is 2. The normalized spacial score (nSPS) is 10.3. The lowest BCUT2D eigenvalue weighted by atomic mass is 10.0. The molecule has 0 saturated heterocycles. The summed E-state index contributed by atoms with van der Waals surface area (Å²) in [5, 5.41) is 18.7. The third-order valence-corrected chi connectivity index (χ3v) is 3.91. The van der Waals surface area contributed by atoms with E-state index in [1.165, 1.54) is 19.1 Å². The second-order valence-corrected chi connectivity index (χ2v) is 5.69. The Bertz CT molecular complexity index is 995. The first-order valence-corrected chi connectivity index (χ1v) is 8.07. The number of carboxylic acids is 2. The Kier molecular flexibility index (Phi) is 5.08. The standard InChI is InChI=1S/C21H16O6/c1-13-15(20(22)23)11-12-18(19(13)21(24)25)27-17-10-6-5-9-16(17)26-14-7-3-2-4-8-14/h2-12H,1H3,(H,22,23)(H,24,25). The van der Waals surface area contributed by atoms with Crippen LogP contribution in [-0.2, 0) is 0 Å². The zero-order valence-electron chi connectivity index (χ0n) is 14.4. The van der Waals surface area contributed by atoms with Gasteiger partial charge in [0, 0.05) is 0 Å². The molecule has 27 heavy (non-hydrogen) atoms. The van der Waals surface area contributed by atoms with Crippen LogP contribution in [0.15, 0.2) is 66.7 Å². The molecule has 3 rings (SSSR count). The van der Waals surface area contributed by atoms with E-state index in [9.17, 15) is 19.8 Å². The van der Waals surface area contributed by atoms with Gasteiger partial charge in [0.25, 0.3) is 0 Å². The lowest BCUT2D eigenvalue weighted by Crippen LogP contribution is -2.09. The third kappa shape index (κ3) is 3.90. The van der Waals surface area contributed by atoms with Crippen LogP contribution in [0.2, 0.25) is 0 Å². The van der Waals surface area contributed by atoms with Crippen molar-refractivity contribution in [3.8, 4) is 23.0 Å². The van der Waals surface area contributed by atoms with Gasteiger partial charge in [-0.1, -0.05) is 30.3 Å². The summed E-state index contributed by atoms with van der Waals surface area (Å²) < 4.78 is 11.6. The molecule has 0 heterocycles. The quantitative estimate of drug-likeness (QED) is 0.641. The number of aromatic carboxylic acids is 2. The molecule has 0 aliphatic rings. The Hall–Kier alpha value is -3.80. The van der Waals surface area contributed by atoms with Gasteiger partial charge in [-0.3, -0.25) is 0 Å². The van der Waals surface area contributed by atoms with Gasteiger partial charge in [-0.15, -0.1) is 0 Å². The van der Waals surface area contributed by atoms with Gasteiger partial charge in [-0.25, -0.2) is 9.59 Å². The van der Waals surface area contributed by atoms with E-state index in [1.807, 2.05) is 18.2 Å². The maximum atomic E-state index is 11.7. The van der Waals surface area contributed by atoms with Crippen LogP contribution in [0.3, 0.4) is 0 Å². The monoisotopic (exact) mass is 364 g/mol. The van der Waals surface area contributed by atoms with Crippen molar-refractivity contribution >= 4 is 11.9 Å². The molecule has 136 valence electrons. The van der Waals surface area contributed by atoms with Gasteiger partial charge in [0.05, 0.1) is 5.56 Å². The number of ether oxygens (including phenoxy) is 2. The lowest BCUT2D eigenvalue weighted by Gasteiger charge is -2.15. The second-order valence-electron chi connectivity index (χ2n) is 5.69. The first-order chi connectivity index (χ1) is 13.0. The number of para-hydroxylation sites is 3. The Labute approximate surface area is 155 Å². The highest BCUT2D eigenvalue weighted by Crippen LogP contribution is 2.37. The smallest absolute Gasteiger partial charge is 0.339 e. The van der Waals surface area contributed by atoms with Crippen LogP contribution in [0.25, 0.3) is 0 Å². The highest BCUT2D eigenvalue weighted by molar-refractivity contribution is 5.98. The molecule has 0 atom stereocenters. The van der Waals surface area contributed by atoms with E-state index in [0.29, 0.717) is 17.2 Å². The van der Waals surface area contributed by atoms with Crippen molar-refractivity contribution in [3.05, 3.63) is 83.4 Å². The largest absolute Gasteiger partial charge is 0.478 e.